The van der Waals surface area contributed by atoms with E-state index in [0.717, 1.165) is 54.7 Å². The van der Waals surface area contributed by atoms with Gasteiger partial charge in [-0.05, 0) is 43.7 Å². The van der Waals surface area contributed by atoms with Crippen molar-refractivity contribution in [2.24, 2.45) is 0 Å². The average Bonchev–Trinajstić information content (AvgIpc) is 3.15. The van der Waals surface area contributed by atoms with Gasteiger partial charge in [-0.1, -0.05) is 12.1 Å². The molecule has 0 bridgehead atoms. The fourth-order valence-electron chi connectivity index (χ4n) is 2.94. The smallest absolute Gasteiger partial charge is 0.231 e. The van der Waals surface area contributed by atoms with Gasteiger partial charge in [-0.25, -0.2) is 0 Å². The molecule has 0 unspecified atom stereocenters. The number of fused-ring (bicyclic) bond motifs is 2. The fourth-order valence-corrected chi connectivity index (χ4v) is 2.94. The van der Waals surface area contributed by atoms with E-state index in [1.165, 1.54) is 0 Å². The Labute approximate surface area is 153 Å². The minimum atomic E-state index is 0.0507. The second kappa shape index (κ2) is 8.19. The molecule has 2 aliphatic rings. The van der Waals surface area contributed by atoms with Crippen molar-refractivity contribution in [3.63, 3.8) is 0 Å². The maximum absolute atomic E-state index is 5.92. The standard InChI is InChI=1S/C20H23NO5/c1-2-6-19-17(5-1)23-13-16(26-19)12-21-9-3-4-10-22-15-7-8-18-20(11-15)25-14-24-18/h1-2,5-8,11,16,21H,3-4,9-10,12-14H2/t16-/m0/s1. The Hall–Kier alpha value is -2.60. The van der Waals surface area contributed by atoms with Crippen LogP contribution in [0, 0.1) is 0 Å². The Morgan fingerprint density at radius 3 is 2.73 bits per heavy atom. The average molecular weight is 357 g/mol. The Morgan fingerprint density at radius 2 is 1.77 bits per heavy atom. The van der Waals surface area contributed by atoms with Crippen LogP contribution in [0.1, 0.15) is 12.8 Å². The highest BCUT2D eigenvalue weighted by Gasteiger charge is 2.19. The summed E-state index contributed by atoms with van der Waals surface area (Å²) in [4.78, 5) is 0. The van der Waals surface area contributed by atoms with Gasteiger partial charge in [0.1, 0.15) is 18.5 Å². The molecule has 0 saturated carbocycles. The molecule has 2 aromatic carbocycles. The second-order valence-electron chi connectivity index (χ2n) is 6.27. The molecule has 0 saturated heterocycles. The van der Waals surface area contributed by atoms with Crippen LogP contribution >= 0.6 is 0 Å². The Kier molecular flexibility index (Phi) is 5.30. The van der Waals surface area contributed by atoms with Crippen molar-refractivity contribution in [1.82, 2.24) is 5.32 Å². The van der Waals surface area contributed by atoms with Gasteiger partial charge in [0, 0.05) is 12.6 Å². The number of para-hydroxylation sites is 2. The zero-order valence-electron chi connectivity index (χ0n) is 14.6. The molecule has 0 fully saturated rings. The van der Waals surface area contributed by atoms with E-state index in [1.54, 1.807) is 0 Å². The monoisotopic (exact) mass is 357 g/mol. The minimum Gasteiger partial charge on any atom is -0.493 e. The van der Waals surface area contributed by atoms with Crippen LogP contribution in [-0.2, 0) is 0 Å². The molecular weight excluding hydrogens is 334 g/mol. The van der Waals surface area contributed by atoms with E-state index >= 15 is 0 Å². The minimum absolute atomic E-state index is 0.0507. The largest absolute Gasteiger partial charge is 0.493 e. The molecule has 26 heavy (non-hydrogen) atoms. The third-order valence-electron chi connectivity index (χ3n) is 4.30. The molecule has 1 atom stereocenters. The zero-order valence-corrected chi connectivity index (χ0v) is 14.6. The van der Waals surface area contributed by atoms with Gasteiger partial charge >= 0.3 is 0 Å². The van der Waals surface area contributed by atoms with Crippen LogP contribution in [0.2, 0.25) is 0 Å². The maximum Gasteiger partial charge on any atom is 0.231 e. The van der Waals surface area contributed by atoms with Crippen LogP contribution in [0.15, 0.2) is 42.5 Å². The van der Waals surface area contributed by atoms with Gasteiger partial charge in [-0.2, -0.15) is 0 Å². The third kappa shape index (κ3) is 4.14. The van der Waals surface area contributed by atoms with Crippen molar-refractivity contribution in [1.29, 1.82) is 0 Å². The Balaban J connectivity index is 1.08. The van der Waals surface area contributed by atoms with Gasteiger partial charge in [0.25, 0.3) is 0 Å². The van der Waals surface area contributed by atoms with Crippen LogP contribution in [0.3, 0.4) is 0 Å². The molecular formula is C20H23NO5. The first kappa shape index (κ1) is 16.8. The SMILES string of the molecule is c1ccc2c(c1)OC[C@H](CNCCCCOc1ccc3c(c1)OCO3)O2. The molecule has 2 aromatic rings. The molecule has 1 N–H and O–H groups in total. The maximum atomic E-state index is 5.92. The molecule has 0 radical (unpaired) electrons. The molecule has 6 nitrogen and oxygen atoms in total. The molecule has 138 valence electrons. The molecule has 4 rings (SSSR count). The van der Waals surface area contributed by atoms with Crippen molar-refractivity contribution in [2.75, 3.05) is 33.1 Å². The van der Waals surface area contributed by atoms with E-state index < -0.39 is 0 Å². The van der Waals surface area contributed by atoms with E-state index in [2.05, 4.69) is 5.32 Å². The quantitative estimate of drug-likeness (QED) is 0.733. The van der Waals surface area contributed by atoms with Gasteiger partial charge in [0.2, 0.25) is 6.79 Å². The Bertz CT molecular complexity index is 736. The number of unbranched alkanes of at least 4 members (excludes halogenated alkanes) is 1. The molecule has 0 amide bonds. The van der Waals surface area contributed by atoms with E-state index in [4.69, 9.17) is 23.7 Å². The van der Waals surface area contributed by atoms with Crippen molar-refractivity contribution >= 4 is 0 Å². The molecule has 0 aliphatic carbocycles. The lowest BCUT2D eigenvalue weighted by molar-refractivity contribution is 0.0904. The van der Waals surface area contributed by atoms with Crippen LogP contribution < -0.4 is 29.0 Å². The normalized spacial score (nSPS) is 17.2. The summed E-state index contributed by atoms with van der Waals surface area (Å²) in [5, 5.41) is 3.42. The van der Waals surface area contributed by atoms with Gasteiger partial charge in [-0.15, -0.1) is 0 Å². The lowest BCUT2D eigenvalue weighted by Crippen LogP contribution is -2.38. The predicted octanol–water partition coefficient (Wildman–Crippen LogP) is 3.00. The van der Waals surface area contributed by atoms with Gasteiger partial charge in [0.05, 0.1) is 6.61 Å². The van der Waals surface area contributed by atoms with Gasteiger partial charge in [0.15, 0.2) is 23.0 Å². The highest BCUT2D eigenvalue weighted by Crippen LogP contribution is 2.35. The summed E-state index contributed by atoms with van der Waals surface area (Å²) in [6.45, 7) is 3.24. The zero-order chi connectivity index (χ0) is 17.6. The van der Waals surface area contributed by atoms with Crippen LogP contribution in [0.5, 0.6) is 28.7 Å². The van der Waals surface area contributed by atoms with Crippen LogP contribution in [0.4, 0.5) is 0 Å². The first-order chi connectivity index (χ1) is 12.9. The Morgan fingerprint density at radius 1 is 0.923 bits per heavy atom. The fraction of sp³-hybridized carbons (Fsp3) is 0.400. The number of ether oxygens (including phenoxy) is 5. The van der Waals surface area contributed by atoms with Crippen molar-refractivity contribution in [3.05, 3.63) is 42.5 Å². The molecule has 2 aliphatic heterocycles. The topological polar surface area (TPSA) is 58.2 Å². The van der Waals surface area contributed by atoms with Crippen LogP contribution in [0.25, 0.3) is 0 Å². The number of nitrogens with one attached hydrogen (secondary N) is 1. The van der Waals surface area contributed by atoms with E-state index in [9.17, 15) is 0 Å². The number of benzene rings is 2. The highest BCUT2D eigenvalue weighted by molar-refractivity contribution is 5.46. The van der Waals surface area contributed by atoms with Crippen molar-refractivity contribution in [2.45, 2.75) is 18.9 Å². The summed E-state index contributed by atoms with van der Waals surface area (Å²) in [5.41, 5.74) is 0. The number of rotatable bonds is 8. The molecule has 0 aromatic heterocycles. The summed E-state index contributed by atoms with van der Waals surface area (Å²) in [5.74, 6) is 3.99. The summed E-state index contributed by atoms with van der Waals surface area (Å²) in [6.07, 6.45) is 2.07. The molecule has 2 heterocycles. The second-order valence-corrected chi connectivity index (χ2v) is 6.27. The first-order valence-corrected chi connectivity index (χ1v) is 9.00. The lowest BCUT2D eigenvalue weighted by atomic mass is 10.2. The highest BCUT2D eigenvalue weighted by atomic mass is 16.7. The predicted molar refractivity (Wildman–Crippen MR) is 96.5 cm³/mol. The summed E-state index contributed by atoms with van der Waals surface area (Å²) in [7, 11) is 0. The lowest BCUT2D eigenvalue weighted by Gasteiger charge is -2.26. The number of hydrogen-bond acceptors (Lipinski definition) is 6. The van der Waals surface area contributed by atoms with E-state index in [-0.39, 0.29) is 12.9 Å². The van der Waals surface area contributed by atoms with Gasteiger partial charge < -0.3 is 29.0 Å². The summed E-state index contributed by atoms with van der Waals surface area (Å²) < 4.78 is 28.0. The van der Waals surface area contributed by atoms with Crippen molar-refractivity contribution < 1.29 is 23.7 Å². The van der Waals surface area contributed by atoms with E-state index in [0.29, 0.717) is 13.2 Å². The molecule has 6 heteroatoms. The van der Waals surface area contributed by atoms with E-state index in [1.807, 2.05) is 42.5 Å². The third-order valence-corrected chi connectivity index (χ3v) is 4.30. The molecule has 0 spiro atoms. The van der Waals surface area contributed by atoms with Gasteiger partial charge in [-0.3, -0.25) is 0 Å². The summed E-state index contributed by atoms with van der Waals surface area (Å²) >= 11 is 0. The summed E-state index contributed by atoms with van der Waals surface area (Å²) in [6, 6.07) is 13.4. The number of hydrogen-bond donors (Lipinski definition) is 1. The first-order valence-electron chi connectivity index (χ1n) is 9.00. The van der Waals surface area contributed by atoms with Crippen molar-refractivity contribution in [3.8, 4) is 28.7 Å². The van der Waals surface area contributed by atoms with Crippen LogP contribution in [-0.4, -0.2) is 39.2 Å².